The van der Waals surface area contributed by atoms with Crippen molar-refractivity contribution >= 4 is 21.2 Å². The molecule has 3 rings (SSSR count). The number of rotatable bonds is 4. The fraction of sp³-hybridized carbons (Fsp3) is 0.318. The lowest BCUT2D eigenvalue weighted by Gasteiger charge is -2.26. The quantitative estimate of drug-likeness (QED) is 0.532. The topological polar surface area (TPSA) is 67.3 Å². The SMILES string of the molecule is CC(C)(C)c1nc(-c2ccccc2)sc1S(=O)(=O)c1ccc(C(C)(O)C(F)(F)F)cc1. The van der Waals surface area contributed by atoms with E-state index in [1.54, 1.807) is 0 Å². The molecule has 0 aliphatic rings. The predicted octanol–water partition coefficient (Wildman–Crippen LogP) is 5.71. The van der Waals surface area contributed by atoms with Crippen LogP contribution < -0.4 is 0 Å². The zero-order chi connectivity index (χ0) is 23.2. The number of hydrogen-bond donors (Lipinski definition) is 1. The molecule has 0 fully saturated rings. The Morgan fingerprint density at radius 2 is 1.45 bits per heavy atom. The molecule has 1 atom stereocenters. The van der Waals surface area contributed by atoms with Crippen LogP contribution in [0, 0.1) is 0 Å². The Hall–Kier alpha value is -2.23. The van der Waals surface area contributed by atoms with Gasteiger partial charge in [-0.25, -0.2) is 13.4 Å². The number of aromatic nitrogens is 1. The molecule has 0 radical (unpaired) electrons. The summed E-state index contributed by atoms with van der Waals surface area (Å²) in [6.45, 7) is 6.17. The van der Waals surface area contributed by atoms with Gasteiger partial charge in [0.2, 0.25) is 9.84 Å². The van der Waals surface area contributed by atoms with Gasteiger partial charge < -0.3 is 5.11 Å². The van der Waals surface area contributed by atoms with Gasteiger partial charge in [0, 0.05) is 11.0 Å². The van der Waals surface area contributed by atoms with Gasteiger partial charge in [0.05, 0.1) is 10.6 Å². The van der Waals surface area contributed by atoms with Gasteiger partial charge in [0.15, 0.2) is 5.60 Å². The molecule has 1 unspecified atom stereocenters. The van der Waals surface area contributed by atoms with E-state index in [1.165, 1.54) is 0 Å². The Labute approximate surface area is 183 Å². The lowest BCUT2D eigenvalue weighted by molar-refractivity contribution is -0.258. The highest BCUT2D eigenvalue weighted by Gasteiger charge is 2.51. The lowest BCUT2D eigenvalue weighted by Crippen LogP contribution is -2.39. The van der Waals surface area contributed by atoms with Crippen LogP contribution in [0.25, 0.3) is 10.6 Å². The van der Waals surface area contributed by atoms with Crippen LogP contribution in [-0.2, 0) is 20.9 Å². The second-order valence-corrected chi connectivity index (χ2v) is 11.5. The van der Waals surface area contributed by atoms with E-state index < -0.39 is 32.6 Å². The molecule has 9 heteroatoms. The maximum absolute atomic E-state index is 13.4. The first-order chi connectivity index (χ1) is 14.2. The van der Waals surface area contributed by atoms with Gasteiger partial charge in [-0.2, -0.15) is 13.2 Å². The van der Waals surface area contributed by atoms with Crippen molar-refractivity contribution in [1.29, 1.82) is 0 Å². The number of benzene rings is 2. The third-order valence-electron chi connectivity index (χ3n) is 4.85. The summed E-state index contributed by atoms with van der Waals surface area (Å²) in [6, 6.07) is 13.3. The van der Waals surface area contributed by atoms with Gasteiger partial charge in [-0.3, -0.25) is 0 Å². The second-order valence-electron chi connectivity index (χ2n) is 8.37. The summed E-state index contributed by atoms with van der Waals surface area (Å²) in [6.07, 6.45) is -4.89. The Kier molecular flexibility index (Phi) is 5.84. The molecule has 166 valence electrons. The average molecular weight is 470 g/mol. The van der Waals surface area contributed by atoms with Crippen LogP contribution >= 0.6 is 11.3 Å². The van der Waals surface area contributed by atoms with Gasteiger partial charge >= 0.3 is 6.18 Å². The molecular weight excluding hydrogens is 447 g/mol. The number of sulfone groups is 1. The van der Waals surface area contributed by atoms with Gasteiger partial charge in [0.1, 0.15) is 9.22 Å². The van der Waals surface area contributed by atoms with Gasteiger partial charge in [-0.15, -0.1) is 11.3 Å². The fourth-order valence-corrected chi connectivity index (χ4v) is 6.19. The summed E-state index contributed by atoms with van der Waals surface area (Å²) in [7, 11) is -4.04. The van der Waals surface area contributed by atoms with Crippen molar-refractivity contribution in [3.63, 3.8) is 0 Å². The molecule has 0 bridgehead atoms. The second kappa shape index (κ2) is 7.72. The van der Waals surface area contributed by atoms with Crippen LogP contribution in [0.4, 0.5) is 13.2 Å². The van der Waals surface area contributed by atoms with Crippen molar-refractivity contribution in [2.75, 3.05) is 0 Å². The summed E-state index contributed by atoms with van der Waals surface area (Å²) in [5.41, 5.74) is -2.94. The van der Waals surface area contributed by atoms with Crippen LogP contribution in [0.3, 0.4) is 0 Å². The smallest absolute Gasteiger partial charge is 0.376 e. The van der Waals surface area contributed by atoms with Crippen LogP contribution in [0.2, 0.25) is 0 Å². The van der Waals surface area contributed by atoms with Crippen molar-refractivity contribution < 1.29 is 26.7 Å². The molecule has 3 aromatic rings. The molecule has 4 nitrogen and oxygen atoms in total. The molecule has 0 aliphatic heterocycles. The zero-order valence-corrected chi connectivity index (χ0v) is 19.0. The van der Waals surface area contributed by atoms with Crippen molar-refractivity contribution in [2.24, 2.45) is 0 Å². The normalized spacial score (nSPS) is 15.0. The minimum atomic E-state index is -4.89. The van der Waals surface area contributed by atoms with E-state index in [2.05, 4.69) is 4.98 Å². The zero-order valence-electron chi connectivity index (χ0n) is 17.4. The van der Waals surface area contributed by atoms with E-state index in [4.69, 9.17) is 0 Å². The predicted molar refractivity (Wildman–Crippen MR) is 114 cm³/mol. The number of halogens is 3. The van der Waals surface area contributed by atoms with E-state index in [0.717, 1.165) is 41.2 Å². The first kappa shape index (κ1) is 23.4. The molecule has 0 saturated carbocycles. The average Bonchev–Trinajstić information content (AvgIpc) is 3.15. The minimum Gasteiger partial charge on any atom is -0.376 e. The molecule has 0 spiro atoms. The fourth-order valence-electron chi connectivity index (χ4n) is 2.90. The standard InChI is InChI=1S/C22H22F3NO3S2/c1-20(2,3)17-19(30-18(26-17)14-8-6-5-7-9-14)31(28,29)16-12-10-15(11-13-16)21(4,27)22(23,24)25/h5-13,27H,1-4H3. The number of hydrogen-bond acceptors (Lipinski definition) is 5. The maximum atomic E-state index is 13.4. The van der Waals surface area contributed by atoms with E-state index in [1.807, 2.05) is 51.1 Å². The highest BCUT2D eigenvalue weighted by atomic mass is 32.2. The van der Waals surface area contributed by atoms with E-state index >= 15 is 0 Å². The van der Waals surface area contributed by atoms with Gasteiger partial charge in [0.25, 0.3) is 0 Å². The molecular formula is C22H22F3NO3S2. The van der Waals surface area contributed by atoms with Crippen molar-refractivity contribution in [1.82, 2.24) is 4.98 Å². The van der Waals surface area contributed by atoms with Gasteiger partial charge in [-0.1, -0.05) is 63.2 Å². The number of nitrogens with zero attached hydrogens (tertiary/aromatic N) is 1. The minimum absolute atomic E-state index is 0.0502. The lowest BCUT2D eigenvalue weighted by atomic mass is 9.93. The summed E-state index contributed by atoms with van der Waals surface area (Å²) in [5.74, 6) is 0. The highest BCUT2D eigenvalue weighted by Crippen LogP contribution is 2.41. The molecule has 0 aliphatic carbocycles. The molecule has 0 saturated heterocycles. The molecule has 2 aromatic carbocycles. The summed E-state index contributed by atoms with van der Waals surface area (Å²) in [5, 5.41) is 10.4. The third-order valence-corrected chi connectivity index (χ3v) is 8.23. The molecule has 1 N–H and O–H groups in total. The Morgan fingerprint density at radius 3 is 1.94 bits per heavy atom. The third kappa shape index (κ3) is 4.40. The largest absolute Gasteiger partial charge is 0.421 e. The number of alkyl halides is 3. The van der Waals surface area contributed by atoms with Crippen molar-refractivity contribution in [3.8, 4) is 10.6 Å². The monoisotopic (exact) mass is 469 g/mol. The summed E-state index contributed by atoms with van der Waals surface area (Å²) >= 11 is 1.03. The van der Waals surface area contributed by atoms with Crippen molar-refractivity contribution in [2.45, 2.75) is 54.0 Å². The van der Waals surface area contributed by atoms with Crippen LogP contribution in [0.15, 0.2) is 63.7 Å². The highest BCUT2D eigenvalue weighted by molar-refractivity contribution is 7.93. The maximum Gasteiger partial charge on any atom is 0.421 e. The van der Waals surface area contributed by atoms with Crippen LogP contribution in [0.1, 0.15) is 39.0 Å². The van der Waals surface area contributed by atoms with Crippen LogP contribution in [-0.4, -0.2) is 24.7 Å². The summed E-state index contributed by atoms with van der Waals surface area (Å²) < 4.78 is 66.1. The Morgan fingerprint density at radius 1 is 0.903 bits per heavy atom. The van der Waals surface area contributed by atoms with Crippen LogP contribution in [0.5, 0.6) is 0 Å². The number of aliphatic hydroxyl groups is 1. The van der Waals surface area contributed by atoms with E-state index in [9.17, 15) is 26.7 Å². The Balaban J connectivity index is 2.11. The molecule has 1 heterocycles. The molecule has 0 amide bonds. The van der Waals surface area contributed by atoms with Gasteiger partial charge in [-0.05, 0) is 24.6 Å². The summed E-state index contributed by atoms with van der Waals surface area (Å²) in [4.78, 5) is 4.42. The first-order valence-electron chi connectivity index (χ1n) is 9.37. The van der Waals surface area contributed by atoms with Crippen molar-refractivity contribution in [3.05, 3.63) is 65.9 Å². The first-order valence-corrected chi connectivity index (χ1v) is 11.7. The molecule has 31 heavy (non-hydrogen) atoms. The Bertz CT molecular complexity index is 1180. The van der Waals surface area contributed by atoms with E-state index in [0.29, 0.717) is 17.6 Å². The molecule has 1 aromatic heterocycles. The number of thiazole rings is 1. The van der Waals surface area contributed by atoms with E-state index in [-0.39, 0.29) is 9.10 Å².